The molecule has 0 radical (unpaired) electrons. The molecule has 0 unspecified atom stereocenters. The number of hydrogen-bond acceptors (Lipinski definition) is 5. The van der Waals surface area contributed by atoms with Crippen LogP contribution in [0.15, 0.2) is 30.3 Å². The second kappa shape index (κ2) is 7.32. The Hall–Kier alpha value is -2.63. The van der Waals surface area contributed by atoms with Crippen molar-refractivity contribution in [2.45, 2.75) is 26.2 Å². The molecule has 0 aliphatic carbocycles. The lowest BCUT2D eigenvalue weighted by Crippen LogP contribution is -2.29. The number of hydrogen-bond donors (Lipinski definition) is 0. The first-order chi connectivity index (χ1) is 12.0. The SMILES string of the molecule is CN(C)c1cc(C(=O)N(C)c2ccc(C(C)(C)C)cc2)nc(N(C)C)n1. The first kappa shape index (κ1) is 19.7. The number of nitrogens with zero attached hydrogens (tertiary/aromatic N) is 5. The fraction of sp³-hybridized carbons (Fsp3) is 0.450. The molecule has 0 bridgehead atoms. The van der Waals surface area contributed by atoms with E-state index in [0.717, 1.165) is 5.69 Å². The Morgan fingerprint density at radius 3 is 1.92 bits per heavy atom. The molecule has 2 aromatic rings. The van der Waals surface area contributed by atoms with Crippen molar-refractivity contribution in [3.05, 3.63) is 41.6 Å². The molecule has 0 atom stereocenters. The normalized spacial score (nSPS) is 11.2. The van der Waals surface area contributed by atoms with Crippen LogP contribution in [0.1, 0.15) is 36.8 Å². The minimum atomic E-state index is -0.165. The number of carbonyl (C=O) groups excluding carboxylic acids is 1. The molecule has 26 heavy (non-hydrogen) atoms. The van der Waals surface area contributed by atoms with Gasteiger partial charge in [0, 0.05) is 47.0 Å². The molecule has 140 valence electrons. The maximum absolute atomic E-state index is 13.0. The Bertz CT molecular complexity index is 750. The van der Waals surface area contributed by atoms with E-state index in [1.54, 1.807) is 22.9 Å². The van der Waals surface area contributed by atoms with Crippen molar-refractivity contribution in [2.75, 3.05) is 49.9 Å². The maximum atomic E-state index is 13.0. The van der Waals surface area contributed by atoms with E-state index in [9.17, 15) is 4.79 Å². The lowest BCUT2D eigenvalue weighted by molar-refractivity contribution is 0.0988. The molecule has 0 N–H and O–H groups in total. The second-order valence-electron chi connectivity index (χ2n) is 7.86. The van der Waals surface area contributed by atoms with E-state index in [-0.39, 0.29) is 11.3 Å². The van der Waals surface area contributed by atoms with Crippen molar-refractivity contribution in [2.24, 2.45) is 0 Å². The quantitative estimate of drug-likeness (QED) is 0.843. The molecule has 1 amide bonds. The van der Waals surface area contributed by atoms with Gasteiger partial charge in [0.1, 0.15) is 11.5 Å². The van der Waals surface area contributed by atoms with Gasteiger partial charge in [-0.15, -0.1) is 0 Å². The summed E-state index contributed by atoms with van der Waals surface area (Å²) in [6.07, 6.45) is 0. The van der Waals surface area contributed by atoms with Gasteiger partial charge in [-0.25, -0.2) is 4.98 Å². The first-order valence-corrected chi connectivity index (χ1v) is 8.63. The Kier molecular flexibility index (Phi) is 5.54. The van der Waals surface area contributed by atoms with Gasteiger partial charge in [-0.05, 0) is 23.1 Å². The molecule has 0 aliphatic rings. The smallest absolute Gasteiger partial charge is 0.276 e. The molecule has 0 saturated heterocycles. The summed E-state index contributed by atoms with van der Waals surface area (Å²) in [5, 5.41) is 0. The van der Waals surface area contributed by atoms with E-state index < -0.39 is 0 Å². The van der Waals surface area contributed by atoms with E-state index in [2.05, 4.69) is 42.9 Å². The highest BCUT2D eigenvalue weighted by atomic mass is 16.2. The predicted octanol–water partition coefficient (Wildman–Crippen LogP) is 3.18. The third kappa shape index (κ3) is 4.31. The summed E-state index contributed by atoms with van der Waals surface area (Å²) in [6, 6.07) is 9.79. The summed E-state index contributed by atoms with van der Waals surface area (Å²) in [5.74, 6) is 1.04. The van der Waals surface area contributed by atoms with Gasteiger partial charge in [0.05, 0.1) is 0 Å². The Labute approximate surface area is 156 Å². The van der Waals surface area contributed by atoms with Gasteiger partial charge in [-0.2, -0.15) is 4.98 Å². The highest BCUT2D eigenvalue weighted by Gasteiger charge is 2.20. The van der Waals surface area contributed by atoms with Crippen molar-refractivity contribution in [3.8, 4) is 0 Å². The molecule has 2 rings (SSSR count). The van der Waals surface area contributed by atoms with E-state index in [1.165, 1.54) is 5.56 Å². The summed E-state index contributed by atoms with van der Waals surface area (Å²) in [6.45, 7) is 6.51. The van der Waals surface area contributed by atoms with E-state index in [4.69, 9.17) is 0 Å². The lowest BCUT2D eigenvalue weighted by atomic mass is 9.87. The van der Waals surface area contributed by atoms with Crippen LogP contribution in [0, 0.1) is 0 Å². The van der Waals surface area contributed by atoms with Crippen LogP contribution in [0.3, 0.4) is 0 Å². The standard InChI is InChI=1S/C20H29N5O/c1-20(2,3)14-9-11-15(12-10-14)25(8)18(26)16-13-17(23(4)5)22-19(21-16)24(6)7/h9-13H,1-8H3. The molecule has 0 saturated carbocycles. The summed E-state index contributed by atoms with van der Waals surface area (Å²) in [4.78, 5) is 27.1. The number of aromatic nitrogens is 2. The van der Waals surface area contributed by atoms with Gasteiger partial charge in [-0.3, -0.25) is 4.79 Å². The fourth-order valence-electron chi connectivity index (χ4n) is 2.43. The predicted molar refractivity (Wildman–Crippen MR) is 109 cm³/mol. The van der Waals surface area contributed by atoms with E-state index in [1.807, 2.05) is 45.2 Å². The summed E-state index contributed by atoms with van der Waals surface area (Å²) < 4.78 is 0. The highest BCUT2D eigenvalue weighted by molar-refractivity contribution is 6.05. The van der Waals surface area contributed by atoms with Crippen molar-refractivity contribution in [3.63, 3.8) is 0 Å². The zero-order chi connectivity index (χ0) is 19.6. The third-order valence-corrected chi connectivity index (χ3v) is 4.20. The van der Waals surface area contributed by atoms with Crippen LogP contribution in [0.25, 0.3) is 0 Å². The van der Waals surface area contributed by atoms with Crippen molar-refractivity contribution in [1.29, 1.82) is 0 Å². The number of rotatable bonds is 4. The number of carbonyl (C=O) groups is 1. The van der Waals surface area contributed by atoms with Crippen LogP contribution in [0.5, 0.6) is 0 Å². The molecule has 6 heteroatoms. The van der Waals surface area contributed by atoms with Crippen molar-refractivity contribution >= 4 is 23.4 Å². The largest absolute Gasteiger partial charge is 0.363 e. The van der Waals surface area contributed by atoms with Crippen LogP contribution in [0.2, 0.25) is 0 Å². The zero-order valence-corrected chi connectivity index (χ0v) is 17.0. The molecular weight excluding hydrogens is 326 g/mol. The zero-order valence-electron chi connectivity index (χ0n) is 17.0. The summed E-state index contributed by atoms with van der Waals surface area (Å²) in [5.41, 5.74) is 2.51. The maximum Gasteiger partial charge on any atom is 0.276 e. The monoisotopic (exact) mass is 355 g/mol. The minimum absolute atomic E-state index is 0.0784. The van der Waals surface area contributed by atoms with E-state index in [0.29, 0.717) is 17.5 Å². The van der Waals surface area contributed by atoms with E-state index >= 15 is 0 Å². The Morgan fingerprint density at radius 2 is 1.46 bits per heavy atom. The third-order valence-electron chi connectivity index (χ3n) is 4.20. The molecule has 1 aromatic carbocycles. The number of amides is 1. The molecule has 0 fully saturated rings. The van der Waals surface area contributed by atoms with Crippen LogP contribution in [-0.4, -0.2) is 51.1 Å². The van der Waals surface area contributed by atoms with Crippen LogP contribution in [-0.2, 0) is 5.41 Å². The molecular formula is C20H29N5O. The molecule has 1 aromatic heterocycles. The van der Waals surface area contributed by atoms with Crippen LogP contribution >= 0.6 is 0 Å². The second-order valence-corrected chi connectivity index (χ2v) is 7.86. The van der Waals surface area contributed by atoms with Gasteiger partial charge in [0.25, 0.3) is 5.91 Å². The van der Waals surface area contributed by atoms with Crippen LogP contribution < -0.4 is 14.7 Å². The van der Waals surface area contributed by atoms with Gasteiger partial charge >= 0.3 is 0 Å². The van der Waals surface area contributed by atoms with Gasteiger partial charge in [0.2, 0.25) is 5.95 Å². The molecule has 0 spiro atoms. The molecule has 1 heterocycles. The Balaban J connectivity index is 2.35. The fourth-order valence-corrected chi connectivity index (χ4v) is 2.43. The molecule has 0 aliphatic heterocycles. The summed E-state index contributed by atoms with van der Waals surface area (Å²) >= 11 is 0. The topological polar surface area (TPSA) is 52.6 Å². The van der Waals surface area contributed by atoms with Crippen molar-refractivity contribution < 1.29 is 4.79 Å². The van der Waals surface area contributed by atoms with Gasteiger partial charge < -0.3 is 14.7 Å². The number of benzene rings is 1. The van der Waals surface area contributed by atoms with Gasteiger partial charge in [0.15, 0.2) is 0 Å². The van der Waals surface area contributed by atoms with Crippen molar-refractivity contribution in [1.82, 2.24) is 9.97 Å². The van der Waals surface area contributed by atoms with Crippen LogP contribution in [0.4, 0.5) is 17.5 Å². The van der Waals surface area contributed by atoms with Gasteiger partial charge in [-0.1, -0.05) is 32.9 Å². The molecule has 6 nitrogen and oxygen atoms in total. The lowest BCUT2D eigenvalue weighted by Gasteiger charge is -2.22. The Morgan fingerprint density at radius 1 is 0.885 bits per heavy atom. The highest BCUT2D eigenvalue weighted by Crippen LogP contribution is 2.25. The summed E-state index contributed by atoms with van der Waals surface area (Å²) in [7, 11) is 9.27. The minimum Gasteiger partial charge on any atom is -0.363 e. The number of anilines is 3. The average molecular weight is 355 g/mol. The first-order valence-electron chi connectivity index (χ1n) is 8.63. The average Bonchev–Trinajstić information content (AvgIpc) is 2.59.